The Morgan fingerprint density at radius 3 is 1.92 bits per heavy atom. The highest BCUT2D eigenvalue weighted by molar-refractivity contribution is 5.80. The number of hydrogen-bond donors (Lipinski definition) is 0. The largest absolute Gasteiger partial charge is 0.299 e. The normalized spacial score (nSPS) is 18.9. The van der Waals surface area contributed by atoms with Gasteiger partial charge in [-0.15, -0.1) is 0 Å². The molecule has 1 heteroatoms. The molecular formula is C12H24O. The minimum Gasteiger partial charge on any atom is -0.299 e. The van der Waals surface area contributed by atoms with Gasteiger partial charge in [0.1, 0.15) is 5.78 Å². The molecule has 0 heterocycles. The third kappa shape index (κ3) is 6.56. The molecule has 0 aliphatic heterocycles. The van der Waals surface area contributed by atoms with Crippen LogP contribution in [0.25, 0.3) is 0 Å². The highest BCUT2D eigenvalue weighted by Crippen LogP contribution is 2.23. The molecule has 1 aliphatic rings. The van der Waals surface area contributed by atoms with Crippen LogP contribution in [0.4, 0.5) is 0 Å². The number of rotatable bonds is 1. The minimum atomic E-state index is 0.241. The summed E-state index contributed by atoms with van der Waals surface area (Å²) in [7, 11) is 0. The summed E-state index contributed by atoms with van der Waals surface area (Å²) >= 11 is 0. The van der Waals surface area contributed by atoms with E-state index in [0.29, 0.717) is 5.78 Å². The van der Waals surface area contributed by atoms with Crippen molar-refractivity contribution in [2.45, 2.75) is 54.4 Å². The molecule has 0 radical (unpaired) electrons. The second kappa shape index (κ2) is 9.50. The van der Waals surface area contributed by atoms with Crippen molar-refractivity contribution in [1.29, 1.82) is 0 Å². The van der Waals surface area contributed by atoms with Crippen LogP contribution >= 0.6 is 0 Å². The molecule has 1 nitrogen and oxygen atoms in total. The number of carbonyl (C=O) groups excluding carboxylic acids is 1. The van der Waals surface area contributed by atoms with Crippen molar-refractivity contribution in [3.8, 4) is 0 Å². The lowest BCUT2D eigenvalue weighted by Crippen LogP contribution is -2.03. The Kier molecular flexibility index (Phi) is 10.9. The van der Waals surface area contributed by atoms with Gasteiger partial charge in [-0.25, -0.2) is 0 Å². The minimum absolute atomic E-state index is 0.241. The highest BCUT2D eigenvalue weighted by Gasteiger charge is 2.16. The first-order chi connectivity index (χ1) is 6.20. The van der Waals surface area contributed by atoms with Gasteiger partial charge in [0.2, 0.25) is 0 Å². The smallest absolute Gasteiger partial charge is 0.136 e. The van der Waals surface area contributed by atoms with Gasteiger partial charge in [-0.2, -0.15) is 0 Å². The van der Waals surface area contributed by atoms with Crippen molar-refractivity contribution in [3.05, 3.63) is 11.6 Å². The molecule has 0 fully saturated rings. The first kappa shape index (κ1) is 14.9. The van der Waals surface area contributed by atoms with Gasteiger partial charge >= 0.3 is 0 Å². The van der Waals surface area contributed by atoms with Gasteiger partial charge in [0, 0.05) is 5.92 Å². The van der Waals surface area contributed by atoms with E-state index >= 15 is 0 Å². The second-order valence-electron chi connectivity index (χ2n) is 2.77. The molecule has 0 saturated carbocycles. The van der Waals surface area contributed by atoms with Crippen LogP contribution in [0.5, 0.6) is 0 Å². The Morgan fingerprint density at radius 1 is 1.31 bits per heavy atom. The predicted octanol–water partition coefficient (Wildman–Crippen LogP) is 3.98. The van der Waals surface area contributed by atoms with E-state index < -0.39 is 0 Å². The zero-order valence-corrected chi connectivity index (χ0v) is 9.98. The monoisotopic (exact) mass is 184 g/mol. The zero-order valence-electron chi connectivity index (χ0n) is 9.98. The molecule has 1 rings (SSSR count). The number of hydrogen-bond acceptors (Lipinski definition) is 1. The van der Waals surface area contributed by atoms with E-state index in [2.05, 4.69) is 13.0 Å². The fraction of sp³-hybridized carbons (Fsp3) is 0.750. The fourth-order valence-corrected chi connectivity index (χ4v) is 1.21. The number of allylic oxidation sites excluding steroid dienone is 2. The molecular weight excluding hydrogens is 160 g/mol. The summed E-state index contributed by atoms with van der Waals surface area (Å²) in [5.41, 5.74) is 1.37. The van der Waals surface area contributed by atoms with Crippen molar-refractivity contribution in [2.75, 3.05) is 0 Å². The number of carbonyl (C=O) groups is 1. The summed E-state index contributed by atoms with van der Waals surface area (Å²) in [5.74, 6) is 0.553. The van der Waals surface area contributed by atoms with Crippen LogP contribution < -0.4 is 0 Å². The van der Waals surface area contributed by atoms with Crippen molar-refractivity contribution in [2.24, 2.45) is 5.92 Å². The van der Waals surface area contributed by atoms with Crippen LogP contribution in [0.1, 0.15) is 54.4 Å². The van der Waals surface area contributed by atoms with Crippen LogP contribution in [-0.4, -0.2) is 5.78 Å². The Labute approximate surface area is 83.2 Å². The van der Waals surface area contributed by atoms with E-state index in [1.165, 1.54) is 5.57 Å². The van der Waals surface area contributed by atoms with E-state index in [0.717, 1.165) is 12.8 Å². The van der Waals surface area contributed by atoms with Crippen molar-refractivity contribution in [3.63, 3.8) is 0 Å². The first-order valence-electron chi connectivity index (χ1n) is 5.38. The lowest BCUT2D eigenvalue weighted by molar-refractivity contribution is -0.119. The second-order valence-corrected chi connectivity index (χ2v) is 2.77. The molecule has 1 unspecified atom stereocenters. The Balaban J connectivity index is 0. The van der Waals surface area contributed by atoms with Crippen LogP contribution in [-0.2, 0) is 4.79 Å². The SMILES string of the molecule is CC.CC.CC(=O)C1C=C(C)CC1. The maximum absolute atomic E-state index is 10.7. The molecule has 0 aromatic carbocycles. The van der Waals surface area contributed by atoms with E-state index in [1.807, 2.05) is 27.7 Å². The molecule has 0 saturated heterocycles. The molecule has 0 aromatic rings. The van der Waals surface area contributed by atoms with Crippen molar-refractivity contribution >= 4 is 5.78 Å². The summed E-state index contributed by atoms with van der Waals surface area (Å²) in [4.78, 5) is 10.7. The van der Waals surface area contributed by atoms with Gasteiger partial charge < -0.3 is 0 Å². The van der Waals surface area contributed by atoms with Crippen LogP contribution in [0.15, 0.2) is 11.6 Å². The quantitative estimate of drug-likeness (QED) is 0.563. The van der Waals surface area contributed by atoms with E-state index in [1.54, 1.807) is 6.92 Å². The summed E-state index contributed by atoms with van der Waals surface area (Å²) < 4.78 is 0. The molecule has 1 aliphatic carbocycles. The highest BCUT2D eigenvalue weighted by atomic mass is 16.1. The third-order valence-electron chi connectivity index (χ3n) is 1.86. The summed E-state index contributed by atoms with van der Waals surface area (Å²) in [6.07, 6.45) is 4.24. The van der Waals surface area contributed by atoms with Gasteiger partial charge in [0.25, 0.3) is 0 Å². The van der Waals surface area contributed by atoms with Gasteiger partial charge in [0.15, 0.2) is 0 Å². The van der Waals surface area contributed by atoms with Crippen LogP contribution in [0, 0.1) is 5.92 Å². The van der Waals surface area contributed by atoms with E-state index in [-0.39, 0.29) is 5.92 Å². The first-order valence-corrected chi connectivity index (χ1v) is 5.38. The summed E-state index contributed by atoms with van der Waals surface area (Å²) in [6.45, 7) is 11.8. The van der Waals surface area contributed by atoms with Crippen molar-refractivity contribution < 1.29 is 4.79 Å². The molecule has 0 aromatic heterocycles. The Bertz CT molecular complexity index is 157. The van der Waals surface area contributed by atoms with Gasteiger partial charge in [-0.1, -0.05) is 39.3 Å². The number of Topliss-reactive ketones (excluding diaryl/α,β-unsaturated/α-hetero) is 1. The van der Waals surface area contributed by atoms with Crippen LogP contribution in [0.3, 0.4) is 0 Å². The molecule has 0 N–H and O–H groups in total. The molecule has 78 valence electrons. The third-order valence-corrected chi connectivity index (χ3v) is 1.86. The van der Waals surface area contributed by atoms with Crippen molar-refractivity contribution in [1.82, 2.24) is 0 Å². The van der Waals surface area contributed by atoms with Gasteiger partial charge in [-0.3, -0.25) is 4.79 Å². The van der Waals surface area contributed by atoms with Gasteiger partial charge in [-0.05, 0) is 26.7 Å². The van der Waals surface area contributed by atoms with E-state index in [9.17, 15) is 4.79 Å². The zero-order chi connectivity index (χ0) is 10.9. The summed E-state index contributed by atoms with van der Waals surface area (Å²) in [5, 5.41) is 0. The fourth-order valence-electron chi connectivity index (χ4n) is 1.21. The average molecular weight is 184 g/mol. The predicted molar refractivity (Wildman–Crippen MR) is 59.9 cm³/mol. The summed E-state index contributed by atoms with van der Waals surface area (Å²) in [6, 6.07) is 0. The van der Waals surface area contributed by atoms with E-state index in [4.69, 9.17) is 0 Å². The molecule has 0 amide bonds. The molecule has 1 atom stereocenters. The number of ketones is 1. The van der Waals surface area contributed by atoms with Crippen LogP contribution in [0.2, 0.25) is 0 Å². The Hall–Kier alpha value is -0.590. The molecule has 0 bridgehead atoms. The standard InChI is InChI=1S/C8H12O.2C2H6/c1-6-3-4-8(5-6)7(2)9;2*1-2/h5,8H,3-4H2,1-2H3;2*1-2H3. The Morgan fingerprint density at radius 2 is 1.77 bits per heavy atom. The lowest BCUT2D eigenvalue weighted by atomic mass is 10.1. The average Bonchev–Trinajstić information content (AvgIpc) is 2.59. The lowest BCUT2D eigenvalue weighted by Gasteiger charge is -1.97. The molecule has 13 heavy (non-hydrogen) atoms. The van der Waals surface area contributed by atoms with Gasteiger partial charge in [0.05, 0.1) is 0 Å². The maximum atomic E-state index is 10.7. The topological polar surface area (TPSA) is 17.1 Å². The maximum Gasteiger partial charge on any atom is 0.136 e. The molecule has 0 spiro atoms.